The summed E-state index contributed by atoms with van der Waals surface area (Å²) in [7, 11) is -3.71. The van der Waals surface area contributed by atoms with Gasteiger partial charge in [-0.25, -0.2) is 8.42 Å². The predicted molar refractivity (Wildman–Crippen MR) is 80.9 cm³/mol. The van der Waals surface area contributed by atoms with Gasteiger partial charge in [0, 0.05) is 24.4 Å². The quantitative estimate of drug-likeness (QED) is 0.849. The lowest BCUT2D eigenvalue weighted by molar-refractivity contribution is 0.277. The molecule has 0 fully saturated rings. The Morgan fingerprint density at radius 3 is 2.90 bits per heavy atom. The van der Waals surface area contributed by atoms with Gasteiger partial charge in [-0.3, -0.25) is 9.40 Å². The number of rotatable bonds is 6. The minimum atomic E-state index is -3.71. The lowest BCUT2D eigenvalue weighted by Crippen LogP contribution is -2.13. The molecular weight excluding hydrogens is 314 g/mol. The van der Waals surface area contributed by atoms with Crippen molar-refractivity contribution >= 4 is 27.3 Å². The fourth-order valence-electron chi connectivity index (χ4n) is 1.76. The number of nitrogens with one attached hydrogen (secondary N) is 1. The topological polar surface area (TPSA) is 84.2 Å². The molecule has 1 heterocycles. The Bertz CT molecular complexity index is 728. The molecule has 0 spiro atoms. The van der Waals surface area contributed by atoms with E-state index >= 15 is 0 Å². The molecule has 0 radical (unpaired) electrons. The summed E-state index contributed by atoms with van der Waals surface area (Å²) in [5.41, 5.74) is 1.10. The summed E-state index contributed by atoms with van der Waals surface area (Å²) in [5.74, 6) is 0. The van der Waals surface area contributed by atoms with Gasteiger partial charge in [0.15, 0.2) is 0 Å². The van der Waals surface area contributed by atoms with E-state index in [-0.39, 0.29) is 11.5 Å². The van der Waals surface area contributed by atoms with Crippen molar-refractivity contribution < 1.29 is 13.5 Å². The maximum atomic E-state index is 12.3. The molecule has 8 heteroatoms. The van der Waals surface area contributed by atoms with Crippen LogP contribution in [-0.2, 0) is 16.6 Å². The highest BCUT2D eigenvalue weighted by atomic mass is 35.5. The molecule has 1 aromatic heterocycles. The molecule has 0 atom stereocenters. The summed E-state index contributed by atoms with van der Waals surface area (Å²) in [5, 5.41) is 13.2. The molecule has 0 aliphatic rings. The highest BCUT2D eigenvalue weighted by molar-refractivity contribution is 7.92. The largest absolute Gasteiger partial charge is 0.396 e. The minimum absolute atomic E-state index is 0.0297. The first-order chi connectivity index (χ1) is 9.94. The lowest BCUT2D eigenvalue weighted by atomic mass is 10.2. The molecule has 114 valence electrons. The second kappa shape index (κ2) is 6.46. The van der Waals surface area contributed by atoms with Crippen molar-refractivity contribution in [3.8, 4) is 0 Å². The maximum Gasteiger partial charge on any atom is 0.265 e. The number of hydrogen-bond acceptors (Lipinski definition) is 4. The van der Waals surface area contributed by atoms with E-state index in [9.17, 15) is 8.42 Å². The van der Waals surface area contributed by atoms with Gasteiger partial charge in [-0.05, 0) is 31.0 Å². The first-order valence-electron chi connectivity index (χ1n) is 6.35. The van der Waals surface area contributed by atoms with Gasteiger partial charge in [0.1, 0.15) is 4.90 Å². The molecule has 2 N–H and O–H groups in total. The second-order valence-electron chi connectivity index (χ2n) is 4.53. The molecule has 21 heavy (non-hydrogen) atoms. The van der Waals surface area contributed by atoms with E-state index in [1.807, 2.05) is 0 Å². The van der Waals surface area contributed by atoms with Crippen LogP contribution in [0.25, 0.3) is 0 Å². The fraction of sp³-hybridized carbons (Fsp3) is 0.308. The van der Waals surface area contributed by atoms with E-state index in [0.29, 0.717) is 29.2 Å². The molecule has 0 saturated heterocycles. The third kappa shape index (κ3) is 3.75. The van der Waals surface area contributed by atoms with Gasteiger partial charge in [0.05, 0.1) is 11.9 Å². The summed E-state index contributed by atoms with van der Waals surface area (Å²) in [6.45, 7) is 2.23. The molecule has 0 aliphatic heterocycles. The van der Waals surface area contributed by atoms with Crippen LogP contribution in [0.1, 0.15) is 12.0 Å². The van der Waals surface area contributed by atoms with Crippen molar-refractivity contribution in [1.29, 1.82) is 0 Å². The monoisotopic (exact) mass is 329 g/mol. The van der Waals surface area contributed by atoms with Gasteiger partial charge in [-0.15, -0.1) is 0 Å². The molecule has 6 nitrogen and oxygen atoms in total. The third-order valence-corrected chi connectivity index (χ3v) is 4.71. The van der Waals surface area contributed by atoms with E-state index in [2.05, 4.69) is 9.82 Å². The lowest BCUT2D eigenvalue weighted by Gasteiger charge is -2.10. The third-order valence-electron chi connectivity index (χ3n) is 2.98. The molecule has 0 aliphatic carbocycles. The minimum Gasteiger partial charge on any atom is -0.396 e. The Labute approximate surface area is 128 Å². The zero-order valence-electron chi connectivity index (χ0n) is 11.5. The highest BCUT2D eigenvalue weighted by Gasteiger charge is 2.18. The van der Waals surface area contributed by atoms with Crippen LogP contribution < -0.4 is 4.72 Å². The van der Waals surface area contributed by atoms with Crippen molar-refractivity contribution in [2.75, 3.05) is 11.3 Å². The zero-order valence-corrected chi connectivity index (χ0v) is 13.0. The van der Waals surface area contributed by atoms with Gasteiger partial charge in [-0.2, -0.15) is 5.10 Å². The van der Waals surface area contributed by atoms with Crippen molar-refractivity contribution in [2.24, 2.45) is 0 Å². The Morgan fingerprint density at radius 2 is 2.19 bits per heavy atom. The van der Waals surface area contributed by atoms with Crippen LogP contribution in [0.5, 0.6) is 0 Å². The summed E-state index contributed by atoms with van der Waals surface area (Å²) >= 11 is 5.98. The number of nitrogens with zero attached hydrogens (tertiary/aromatic N) is 2. The smallest absolute Gasteiger partial charge is 0.265 e. The number of halogens is 1. The van der Waals surface area contributed by atoms with Crippen molar-refractivity contribution in [2.45, 2.75) is 24.8 Å². The molecule has 2 aromatic rings. The molecule has 1 aromatic carbocycles. The Morgan fingerprint density at radius 1 is 1.43 bits per heavy atom. The first kappa shape index (κ1) is 15.8. The van der Waals surface area contributed by atoms with E-state index in [0.717, 1.165) is 0 Å². The molecule has 0 amide bonds. The van der Waals surface area contributed by atoms with Crippen LogP contribution in [0.4, 0.5) is 5.69 Å². The summed E-state index contributed by atoms with van der Waals surface area (Å²) in [4.78, 5) is 0.0693. The number of aryl methyl sites for hydroxylation is 1. The van der Waals surface area contributed by atoms with Crippen LogP contribution in [0, 0.1) is 6.92 Å². The molecule has 2 rings (SSSR count). The molecule has 0 saturated carbocycles. The number of anilines is 1. The van der Waals surface area contributed by atoms with E-state index in [1.54, 1.807) is 25.1 Å². The maximum absolute atomic E-state index is 12.3. The average Bonchev–Trinajstić information content (AvgIpc) is 2.91. The first-order valence-corrected chi connectivity index (χ1v) is 8.21. The fourth-order valence-corrected chi connectivity index (χ4v) is 3.01. The molecule has 0 unspecified atom stereocenters. The van der Waals surface area contributed by atoms with Crippen LogP contribution in [-0.4, -0.2) is 29.9 Å². The zero-order chi connectivity index (χ0) is 15.5. The molecule has 0 bridgehead atoms. The summed E-state index contributed by atoms with van der Waals surface area (Å²) in [6.07, 6.45) is 3.22. The number of aromatic nitrogens is 2. The van der Waals surface area contributed by atoms with Gasteiger partial charge in [0.25, 0.3) is 10.0 Å². The van der Waals surface area contributed by atoms with Crippen LogP contribution >= 0.6 is 11.6 Å². The normalized spacial score (nSPS) is 11.6. The number of sulfonamides is 1. The summed E-state index contributed by atoms with van der Waals surface area (Å²) in [6, 6.07) is 5.02. The Hall–Kier alpha value is -1.57. The van der Waals surface area contributed by atoms with Crippen molar-refractivity contribution in [3.63, 3.8) is 0 Å². The van der Waals surface area contributed by atoms with Gasteiger partial charge >= 0.3 is 0 Å². The Kier molecular flexibility index (Phi) is 4.87. The SMILES string of the molecule is Cc1c(Cl)cccc1NS(=O)(=O)c1cnn(CCCO)c1. The van der Waals surface area contributed by atoms with Crippen LogP contribution in [0.15, 0.2) is 35.5 Å². The number of aliphatic hydroxyl groups is 1. The van der Waals surface area contributed by atoms with E-state index in [4.69, 9.17) is 16.7 Å². The predicted octanol–water partition coefficient (Wildman–Crippen LogP) is 2.03. The van der Waals surface area contributed by atoms with Gasteiger partial charge in [-0.1, -0.05) is 17.7 Å². The second-order valence-corrected chi connectivity index (χ2v) is 6.62. The van der Waals surface area contributed by atoms with Crippen LogP contribution in [0.2, 0.25) is 5.02 Å². The number of aliphatic hydroxyl groups excluding tert-OH is 1. The Balaban J connectivity index is 2.22. The van der Waals surface area contributed by atoms with Crippen molar-refractivity contribution in [3.05, 3.63) is 41.2 Å². The van der Waals surface area contributed by atoms with Gasteiger partial charge < -0.3 is 5.11 Å². The highest BCUT2D eigenvalue weighted by Crippen LogP contribution is 2.25. The van der Waals surface area contributed by atoms with Crippen molar-refractivity contribution in [1.82, 2.24) is 9.78 Å². The summed E-state index contributed by atoms with van der Waals surface area (Å²) < 4.78 is 28.6. The van der Waals surface area contributed by atoms with E-state index in [1.165, 1.54) is 17.1 Å². The molecular formula is C13H16ClN3O3S. The van der Waals surface area contributed by atoms with E-state index < -0.39 is 10.0 Å². The standard InChI is InChI=1S/C13H16ClN3O3S/c1-10-12(14)4-2-5-13(10)16-21(19,20)11-8-15-17(9-11)6-3-7-18/h2,4-5,8-9,16,18H,3,6-7H2,1H3. The number of benzene rings is 1. The van der Waals surface area contributed by atoms with Crippen LogP contribution in [0.3, 0.4) is 0 Å². The average molecular weight is 330 g/mol. The van der Waals surface area contributed by atoms with Gasteiger partial charge in [0.2, 0.25) is 0 Å². The number of hydrogen-bond donors (Lipinski definition) is 2.